The van der Waals surface area contributed by atoms with Crippen LogP contribution in [0.25, 0.3) is 16.6 Å². The number of hydrogen-bond donors (Lipinski definition) is 1. The molecular formula is C35H29Cl3N6O2. The molecule has 232 valence electrons. The van der Waals surface area contributed by atoms with Gasteiger partial charge in [-0.15, -0.1) is 0 Å². The Balaban J connectivity index is 1.09. The molecule has 0 bridgehead atoms. The normalized spacial score (nSPS) is 14.9. The van der Waals surface area contributed by atoms with E-state index in [-0.39, 0.29) is 21.3 Å². The number of nitrogens with one attached hydrogen (secondary N) is 1. The zero-order valence-electron chi connectivity index (χ0n) is 24.8. The van der Waals surface area contributed by atoms with Gasteiger partial charge in [0.05, 0.1) is 27.0 Å². The van der Waals surface area contributed by atoms with E-state index in [0.29, 0.717) is 17.6 Å². The van der Waals surface area contributed by atoms with E-state index in [1.54, 1.807) is 24.5 Å². The van der Waals surface area contributed by atoms with Crippen molar-refractivity contribution in [2.24, 2.45) is 0 Å². The summed E-state index contributed by atoms with van der Waals surface area (Å²) in [5.74, 6) is -1.54. The van der Waals surface area contributed by atoms with Crippen LogP contribution in [0.1, 0.15) is 45.6 Å². The first-order valence-corrected chi connectivity index (χ1v) is 16.3. The van der Waals surface area contributed by atoms with Gasteiger partial charge in [0.2, 0.25) is 0 Å². The minimum Gasteiger partial charge on any atom is -0.330 e. The van der Waals surface area contributed by atoms with Crippen molar-refractivity contribution in [2.75, 3.05) is 25.0 Å². The largest absolute Gasteiger partial charge is 0.330 e. The van der Waals surface area contributed by atoms with Crippen LogP contribution in [0.3, 0.4) is 0 Å². The Morgan fingerprint density at radius 2 is 1.59 bits per heavy atom. The predicted octanol–water partition coefficient (Wildman–Crippen LogP) is 7.30. The zero-order valence-corrected chi connectivity index (χ0v) is 27.0. The lowest BCUT2D eigenvalue weighted by atomic mass is 9.88. The highest BCUT2D eigenvalue weighted by atomic mass is 35.5. The van der Waals surface area contributed by atoms with E-state index in [0.717, 1.165) is 56.0 Å². The van der Waals surface area contributed by atoms with Crippen molar-refractivity contribution in [3.05, 3.63) is 122 Å². The fraction of sp³-hybridized carbons (Fsp3) is 0.229. The number of ketones is 1. The minimum atomic E-state index is -0.840. The first-order chi connectivity index (χ1) is 22.4. The lowest BCUT2D eigenvalue weighted by Crippen LogP contribution is -2.33. The number of aryl methyl sites for hydroxylation is 2. The number of likely N-dealkylation sites (tertiary alicyclic amines) is 1. The second-order valence-corrected chi connectivity index (χ2v) is 12.8. The quantitative estimate of drug-likeness (QED) is 0.150. The Morgan fingerprint density at radius 3 is 2.39 bits per heavy atom. The van der Waals surface area contributed by atoms with Crippen LogP contribution >= 0.6 is 34.8 Å². The van der Waals surface area contributed by atoms with E-state index in [1.165, 1.54) is 40.2 Å². The van der Waals surface area contributed by atoms with Gasteiger partial charge in [-0.3, -0.25) is 19.6 Å². The molecule has 0 saturated carbocycles. The van der Waals surface area contributed by atoms with Gasteiger partial charge in [-0.2, -0.15) is 0 Å². The topological polar surface area (TPSA) is 93.0 Å². The second-order valence-electron chi connectivity index (χ2n) is 11.5. The molecule has 2 aliphatic rings. The Labute approximate surface area is 281 Å². The highest BCUT2D eigenvalue weighted by Crippen LogP contribution is 2.38. The standard InChI is InChI=1S/C35H29Cl3N6O2/c36-24-7-8-25-23(17-24)6-5-22-3-1-11-40-31(22)30(25)21-9-13-43(14-10-21)15-16-44-20-27(26-4-2-12-41-34(26)44)33(45)35(46)42-32-28(37)18-39-19-29(32)38/h1-4,7-8,11-12,17-20H,5-6,9-10,13-16H2,(H,39,42,46). The summed E-state index contributed by atoms with van der Waals surface area (Å²) in [4.78, 5) is 42.0. The summed E-state index contributed by atoms with van der Waals surface area (Å²) in [6.07, 6.45) is 11.7. The van der Waals surface area contributed by atoms with Gasteiger partial charge >= 0.3 is 0 Å². The van der Waals surface area contributed by atoms with Crippen molar-refractivity contribution in [1.29, 1.82) is 0 Å². The number of aromatic nitrogens is 4. The van der Waals surface area contributed by atoms with Gasteiger partial charge in [-0.05, 0) is 72.7 Å². The van der Waals surface area contributed by atoms with Crippen molar-refractivity contribution in [3.63, 3.8) is 0 Å². The van der Waals surface area contributed by atoms with Crippen LogP contribution in [0.2, 0.25) is 15.1 Å². The van der Waals surface area contributed by atoms with Crippen LogP contribution in [-0.2, 0) is 24.2 Å². The summed E-state index contributed by atoms with van der Waals surface area (Å²) in [7, 11) is 0. The van der Waals surface area contributed by atoms with Gasteiger partial charge in [0.15, 0.2) is 0 Å². The van der Waals surface area contributed by atoms with Crippen LogP contribution in [-0.4, -0.2) is 55.7 Å². The maximum absolute atomic E-state index is 13.3. The molecule has 1 aromatic carbocycles. The maximum atomic E-state index is 13.3. The Bertz CT molecular complexity index is 2010. The van der Waals surface area contributed by atoms with Gasteiger partial charge in [0.25, 0.3) is 11.7 Å². The van der Waals surface area contributed by atoms with E-state index in [9.17, 15) is 9.59 Å². The summed E-state index contributed by atoms with van der Waals surface area (Å²) in [6, 6.07) is 14.0. The highest BCUT2D eigenvalue weighted by Gasteiger charge is 2.27. The van der Waals surface area contributed by atoms with E-state index >= 15 is 0 Å². The number of piperidine rings is 1. The van der Waals surface area contributed by atoms with E-state index in [2.05, 4.69) is 38.4 Å². The maximum Gasteiger partial charge on any atom is 0.296 e. The third-order valence-electron chi connectivity index (χ3n) is 8.78. The molecule has 7 rings (SSSR count). The molecule has 11 heteroatoms. The fourth-order valence-electron chi connectivity index (χ4n) is 6.48. The summed E-state index contributed by atoms with van der Waals surface area (Å²) >= 11 is 18.7. The van der Waals surface area contributed by atoms with E-state index in [4.69, 9.17) is 39.8 Å². The molecule has 5 aromatic rings. The molecule has 8 nitrogen and oxygen atoms in total. The summed E-state index contributed by atoms with van der Waals surface area (Å²) in [6.45, 7) is 3.19. The van der Waals surface area contributed by atoms with E-state index in [1.807, 2.05) is 22.9 Å². The van der Waals surface area contributed by atoms with Crippen LogP contribution < -0.4 is 5.32 Å². The number of pyridine rings is 3. The van der Waals surface area contributed by atoms with Gasteiger partial charge < -0.3 is 14.8 Å². The first-order valence-electron chi connectivity index (χ1n) is 15.1. The van der Waals surface area contributed by atoms with Crippen molar-refractivity contribution < 1.29 is 9.59 Å². The monoisotopic (exact) mass is 670 g/mol. The fourth-order valence-corrected chi connectivity index (χ4v) is 7.13. The number of amides is 1. The molecular weight excluding hydrogens is 643 g/mol. The SMILES string of the molecule is O=C(Nc1c(Cl)cncc1Cl)C(=O)c1cn(CCN2CCC(=C3c4ccc(Cl)cc4CCc4cccnc43)CC2)c2ncccc12. The van der Waals surface area contributed by atoms with Gasteiger partial charge in [-0.1, -0.05) is 52.5 Å². The zero-order chi connectivity index (χ0) is 31.8. The molecule has 0 unspecified atom stereocenters. The number of rotatable bonds is 6. The summed E-state index contributed by atoms with van der Waals surface area (Å²) in [5.41, 5.74) is 8.62. The van der Waals surface area contributed by atoms with Crippen LogP contribution in [0.15, 0.2) is 79.0 Å². The number of Topliss-reactive ketones (excluding diaryl/α,β-unsaturated/α-hetero) is 1. The third-order valence-corrected chi connectivity index (χ3v) is 9.58. The number of halogens is 3. The van der Waals surface area contributed by atoms with Gasteiger partial charge in [-0.25, -0.2) is 4.98 Å². The lowest BCUT2D eigenvalue weighted by Gasteiger charge is -2.30. The number of nitrogens with zero attached hydrogens (tertiary/aromatic N) is 5. The molecule has 4 aromatic heterocycles. The molecule has 1 amide bonds. The number of anilines is 1. The van der Waals surface area contributed by atoms with Crippen LogP contribution in [0, 0.1) is 0 Å². The van der Waals surface area contributed by atoms with Gasteiger partial charge in [0.1, 0.15) is 5.65 Å². The molecule has 1 aliphatic heterocycles. The number of fused-ring (bicyclic) bond motifs is 3. The molecule has 0 spiro atoms. The first kappa shape index (κ1) is 30.6. The average Bonchev–Trinajstić information content (AvgIpc) is 3.36. The summed E-state index contributed by atoms with van der Waals surface area (Å²) in [5, 5.41) is 4.20. The van der Waals surface area contributed by atoms with Crippen molar-refractivity contribution >= 4 is 68.8 Å². The Kier molecular flexibility index (Phi) is 8.62. The Morgan fingerprint density at radius 1 is 0.848 bits per heavy atom. The van der Waals surface area contributed by atoms with Gasteiger partial charge in [0, 0.05) is 73.1 Å². The highest BCUT2D eigenvalue weighted by molar-refractivity contribution is 6.50. The number of benzene rings is 1. The smallest absolute Gasteiger partial charge is 0.296 e. The molecule has 1 N–H and O–H groups in total. The van der Waals surface area contributed by atoms with E-state index < -0.39 is 11.7 Å². The van der Waals surface area contributed by atoms with Crippen LogP contribution in [0.5, 0.6) is 0 Å². The minimum absolute atomic E-state index is 0.145. The van der Waals surface area contributed by atoms with Crippen molar-refractivity contribution in [3.8, 4) is 0 Å². The number of carbonyl (C=O) groups excluding carboxylic acids is 2. The average molecular weight is 672 g/mol. The second kappa shape index (κ2) is 13.0. The molecule has 1 fully saturated rings. The molecule has 46 heavy (non-hydrogen) atoms. The van der Waals surface area contributed by atoms with Crippen molar-refractivity contribution in [1.82, 2.24) is 24.4 Å². The Hall–Kier alpha value is -4.08. The number of carbonyl (C=O) groups is 2. The molecule has 0 atom stereocenters. The predicted molar refractivity (Wildman–Crippen MR) is 182 cm³/mol. The molecule has 5 heterocycles. The van der Waals surface area contributed by atoms with Crippen molar-refractivity contribution in [2.45, 2.75) is 32.2 Å². The van der Waals surface area contributed by atoms with Crippen LogP contribution in [0.4, 0.5) is 5.69 Å². The molecule has 1 aliphatic carbocycles. The lowest BCUT2D eigenvalue weighted by molar-refractivity contribution is -0.112. The third kappa shape index (κ3) is 5.94. The molecule has 0 radical (unpaired) electrons. The molecule has 1 saturated heterocycles. The number of hydrogen-bond acceptors (Lipinski definition) is 6. The summed E-state index contributed by atoms with van der Waals surface area (Å²) < 4.78 is 1.95.